The average molecular weight is 474 g/mol. The van der Waals surface area contributed by atoms with Crippen molar-refractivity contribution in [3.05, 3.63) is 33.5 Å². The quantitative estimate of drug-likeness (QED) is 0.398. The molecule has 0 aromatic carbocycles. The third-order valence-corrected chi connectivity index (χ3v) is 5.46. The lowest BCUT2D eigenvalue weighted by atomic mass is 10.2. The van der Waals surface area contributed by atoms with Crippen LogP contribution in [0.2, 0.25) is 0 Å². The molecule has 2 N–H and O–H groups in total. The Bertz CT molecular complexity index is 693. The van der Waals surface area contributed by atoms with Crippen molar-refractivity contribution in [1.82, 2.24) is 25.4 Å². The number of aryl methyl sites for hydroxylation is 2. The van der Waals surface area contributed by atoms with Gasteiger partial charge in [-0.25, -0.2) is 0 Å². The first kappa shape index (κ1) is 20.2. The van der Waals surface area contributed by atoms with Crippen LogP contribution in [0.4, 0.5) is 0 Å². The van der Waals surface area contributed by atoms with Crippen molar-refractivity contribution in [2.75, 3.05) is 13.6 Å². The Balaban J connectivity index is 0.00000225. The minimum Gasteiger partial charge on any atom is -0.356 e. The maximum Gasteiger partial charge on any atom is 0.191 e. The van der Waals surface area contributed by atoms with Crippen LogP contribution in [0.25, 0.3) is 0 Å². The van der Waals surface area contributed by atoms with Crippen LogP contribution < -0.4 is 10.6 Å². The van der Waals surface area contributed by atoms with Crippen LogP contribution in [0.3, 0.4) is 0 Å². The molecular weight excluding hydrogens is 447 g/mol. The Morgan fingerprint density at radius 1 is 1.28 bits per heavy atom. The molecule has 138 valence electrons. The van der Waals surface area contributed by atoms with E-state index in [0.29, 0.717) is 0 Å². The lowest BCUT2D eigenvalue weighted by molar-refractivity contribution is 0.600. The number of halogens is 1. The zero-order valence-electron chi connectivity index (χ0n) is 14.9. The summed E-state index contributed by atoms with van der Waals surface area (Å²) in [5, 5.41) is 17.6. The lowest BCUT2D eigenvalue weighted by Crippen LogP contribution is -2.38. The van der Waals surface area contributed by atoms with Crippen LogP contribution in [0.1, 0.15) is 41.4 Å². The van der Waals surface area contributed by atoms with Gasteiger partial charge in [-0.15, -0.1) is 45.5 Å². The number of hydrogen-bond donors (Lipinski definition) is 2. The van der Waals surface area contributed by atoms with Crippen molar-refractivity contribution in [2.24, 2.45) is 4.99 Å². The van der Waals surface area contributed by atoms with Gasteiger partial charge in [0, 0.05) is 37.9 Å². The minimum atomic E-state index is 0. The van der Waals surface area contributed by atoms with E-state index in [9.17, 15) is 0 Å². The molecular formula is C17H27IN6S. The monoisotopic (exact) mass is 474 g/mol. The highest BCUT2D eigenvalue weighted by Gasteiger charge is 2.14. The predicted octanol–water partition coefficient (Wildman–Crippen LogP) is 2.90. The molecule has 0 unspecified atom stereocenters. The normalized spacial score (nSPS) is 14.4. The highest BCUT2D eigenvalue weighted by molar-refractivity contribution is 14.0. The van der Waals surface area contributed by atoms with Gasteiger partial charge in [0.1, 0.15) is 11.6 Å². The van der Waals surface area contributed by atoms with Gasteiger partial charge >= 0.3 is 0 Å². The first-order valence-electron chi connectivity index (χ1n) is 8.66. The molecule has 3 heterocycles. The second-order valence-corrected chi connectivity index (χ2v) is 7.12. The number of rotatable bonds is 5. The molecule has 0 aliphatic carbocycles. The Kier molecular flexibility index (Phi) is 8.14. The van der Waals surface area contributed by atoms with E-state index in [4.69, 9.17) is 0 Å². The number of guanidine groups is 1. The number of nitrogens with one attached hydrogen (secondary N) is 2. The molecule has 0 atom stereocenters. The molecule has 1 aliphatic heterocycles. The second-order valence-electron chi connectivity index (χ2n) is 6.12. The van der Waals surface area contributed by atoms with Gasteiger partial charge in [-0.05, 0) is 36.8 Å². The van der Waals surface area contributed by atoms with E-state index in [1.165, 1.54) is 29.7 Å². The molecule has 0 fully saturated rings. The number of aliphatic imine (C=N–C) groups is 1. The molecule has 2 aromatic rings. The van der Waals surface area contributed by atoms with E-state index in [-0.39, 0.29) is 24.0 Å². The molecule has 3 rings (SSSR count). The molecule has 25 heavy (non-hydrogen) atoms. The van der Waals surface area contributed by atoms with E-state index < -0.39 is 0 Å². The van der Waals surface area contributed by atoms with Crippen molar-refractivity contribution in [1.29, 1.82) is 0 Å². The zero-order chi connectivity index (χ0) is 16.8. The van der Waals surface area contributed by atoms with Crippen molar-refractivity contribution in [3.63, 3.8) is 0 Å². The van der Waals surface area contributed by atoms with Crippen LogP contribution in [0.15, 0.2) is 16.4 Å². The lowest BCUT2D eigenvalue weighted by Gasteiger charge is -2.12. The molecule has 0 saturated heterocycles. The fourth-order valence-corrected chi connectivity index (χ4v) is 3.84. The summed E-state index contributed by atoms with van der Waals surface area (Å²) in [4.78, 5) is 5.64. The van der Waals surface area contributed by atoms with E-state index in [1.807, 2.05) is 0 Å². The Hall–Kier alpha value is -1.16. The van der Waals surface area contributed by atoms with Crippen molar-refractivity contribution in [3.8, 4) is 0 Å². The fourth-order valence-electron chi connectivity index (χ4n) is 2.99. The Morgan fingerprint density at radius 2 is 2.16 bits per heavy atom. The van der Waals surface area contributed by atoms with Gasteiger partial charge in [0.05, 0.1) is 6.54 Å². The fraction of sp³-hybridized carbons (Fsp3) is 0.588. The third-order valence-electron chi connectivity index (χ3n) is 4.44. The molecule has 0 amide bonds. The summed E-state index contributed by atoms with van der Waals surface area (Å²) in [7, 11) is 1.81. The standard InChI is InChI=1S/C17H26N6S.HI/c1-13-8-11-24-14(13)12-20-17(18-2)19-9-7-16-22-21-15-6-4-3-5-10-23(15)16;/h8,11H,3-7,9-10,12H2,1-2H3,(H2,18,19,20);1H. The molecule has 1 aliphatic rings. The topological polar surface area (TPSA) is 67.1 Å². The summed E-state index contributed by atoms with van der Waals surface area (Å²) in [6.07, 6.45) is 5.68. The van der Waals surface area contributed by atoms with Gasteiger partial charge in [0.2, 0.25) is 0 Å². The van der Waals surface area contributed by atoms with Crippen molar-refractivity contribution in [2.45, 2.75) is 52.1 Å². The second kappa shape index (κ2) is 10.1. The first-order chi connectivity index (χ1) is 11.8. The number of aromatic nitrogens is 3. The van der Waals surface area contributed by atoms with Crippen LogP contribution in [0, 0.1) is 6.92 Å². The number of fused-ring (bicyclic) bond motifs is 1. The molecule has 0 saturated carbocycles. The largest absolute Gasteiger partial charge is 0.356 e. The van der Waals surface area contributed by atoms with E-state index in [2.05, 4.69) is 48.8 Å². The van der Waals surface area contributed by atoms with E-state index >= 15 is 0 Å². The Labute approximate surface area is 170 Å². The average Bonchev–Trinajstić information content (AvgIpc) is 3.09. The number of hydrogen-bond acceptors (Lipinski definition) is 4. The summed E-state index contributed by atoms with van der Waals surface area (Å²) in [6.45, 7) is 4.81. The van der Waals surface area contributed by atoms with E-state index in [1.54, 1.807) is 18.4 Å². The van der Waals surface area contributed by atoms with Gasteiger partial charge in [0.15, 0.2) is 5.96 Å². The molecule has 6 nitrogen and oxygen atoms in total. The SMILES string of the molecule is CN=C(NCCc1nnc2n1CCCCC2)NCc1sccc1C.I. The van der Waals surface area contributed by atoms with Crippen molar-refractivity contribution >= 4 is 41.3 Å². The summed E-state index contributed by atoms with van der Waals surface area (Å²) >= 11 is 1.77. The van der Waals surface area contributed by atoms with Crippen LogP contribution >= 0.6 is 35.3 Å². The molecule has 8 heteroatoms. The first-order valence-corrected chi connectivity index (χ1v) is 9.54. The molecule has 2 aromatic heterocycles. The molecule has 0 spiro atoms. The summed E-state index contributed by atoms with van der Waals surface area (Å²) in [5.74, 6) is 3.07. The minimum absolute atomic E-state index is 0. The van der Waals surface area contributed by atoms with Crippen LogP contribution in [-0.2, 0) is 25.9 Å². The van der Waals surface area contributed by atoms with E-state index in [0.717, 1.165) is 50.1 Å². The highest BCUT2D eigenvalue weighted by atomic mass is 127. The number of thiophene rings is 1. The van der Waals surface area contributed by atoms with Gasteiger partial charge in [-0.3, -0.25) is 4.99 Å². The number of nitrogens with zero attached hydrogens (tertiary/aromatic N) is 4. The van der Waals surface area contributed by atoms with Gasteiger partial charge in [-0.2, -0.15) is 0 Å². The predicted molar refractivity (Wildman–Crippen MR) is 114 cm³/mol. The van der Waals surface area contributed by atoms with Crippen LogP contribution in [0.5, 0.6) is 0 Å². The smallest absolute Gasteiger partial charge is 0.191 e. The van der Waals surface area contributed by atoms with Crippen molar-refractivity contribution < 1.29 is 0 Å². The van der Waals surface area contributed by atoms with Gasteiger partial charge in [-0.1, -0.05) is 6.42 Å². The molecule has 0 radical (unpaired) electrons. The summed E-state index contributed by atoms with van der Waals surface area (Å²) in [5.41, 5.74) is 1.33. The zero-order valence-corrected chi connectivity index (χ0v) is 18.1. The summed E-state index contributed by atoms with van der Waals surface area (Å²) < 4.78 is 2.31. The Morgan fingerprint density at radius 3 is 2.92 bits per heavy atom. The third kappa shape index (κ3) is 5.40. The van der Waals surface area contributed by atoms with Crippen LogP contribution in [-0.4, -0.2) is 34.3 Å². The van der Waals surface area contributed by atoms with Gasteiger partial charge < -0.3 is 15.2 Å². The summed E-state index contributed by atoms with van der Waals surface area (Å²) in [6, 6.07) is 2.15. The van der Waals surface area contributed by atoms with Gasteiger partial charge in [0.25, 0.3) is 0 Å². The maximum atomic E-state index is 4.37. The maximum absolute atomic E-state index is 4.37. The highest BCUT2D eigenvalue weighted by Crippen LogP contribution is 2.15. The molecule has 0 bridgehead atoms.